The summed E-state index contributed by atoms with van der Waals surface area (Å²) in [4.78, 5) is 14.8. The van der Waals surface area contributed by atoms with Gasteiger partial charge in [-0.05, 0) is 67.7 Å². The van der Waals surface area contributed by atoms with Crippen molar-refractivity contribution >= 4 is 17.5 Å². The predicted molar refractivity (Wildman–Crippen MR) is 114 cm³/mol. The number of aryl methyl sites for hydroxylation is 1. The van der Waals surface area contributed by atoms with Gasteiger partial charge in [-0.25, -0.2) is 0 Å². The zero-order chi connectivity index (χ0) is 19.8. The van der Waals surface area contributed by atoms with Crippen LogP contribution in [0.5, 0.6) is 5.75 Å². The average molecular weight is 401 g/mol. The zero-order valence-corrected chi connectivity index (χ0v) is 17.3. The number of carbonyl (C=O) groups is 1. The molecule has 1 N–H and O–H groups in total. The fourth-order valence-electron chi connectivity index (χ4n) is 3.56. The highest BCUT2D eigenvalue weighted by Gasteiger charge is 2.24. The number of rotatable bonds is 8. The van der Waals surface area contributed by atoms with Gasteiger partial charge in [0, 0.05) is 17.5 Å². The lowest BCUT2D eigenvalue weighted by atomic mass is 9.95. The Balaban J connectivity index is 1.33. The molecule has 1 heterocycles. The van der Waals surface area contributed by atoms with Crippen LogP contribution in [-0.4, -0.2) is 37.0 Å². The molecule has 0 saturated carbocycles. The van der Waals surface area contributed by atoms with Crippen LogP contribution in [0.1, 0.15) is 30.9 Å². The van der Waals surface area contributed by atoms with Crippen molar-refractivity contribution in [3.8, 4) is 5.75 Å². The van der Waals surface area contributed by atoms with E-state index in [-0.39, 0.29) is 11.8 Å². The van der Waals surface area contributed by atoms with Gasteiger partial charge in [-0.3, -0.25) is 9.69 Å². The minimum absolute atomic E-state index is 0.0967. The largest absolute Gasteiger partial charge is 0.492 e. The minimum atomic E-state index is 0.0967. The molecular weight excluding hydrogens is 372 g/mol. The molecule has 0 bridgehead atoms. The average Bonchev–Trinajstić information content (AvgIpc) is 2.72. The molecule has 28 heavy (non-hydrogen) atoms. The maximum atomic E-state index is 12.4. The molecule has 1 saturated heterocycles. The van der Waals surface area contributed by atoms with Crippen molar-refractivity contribution in [2.24, 2.45) is 5.92 Å². The summed E-state index contributed by atoms with van der Waals surface area (Å²) >= 11 is 6.06. The summed E-state index contributed by atoms with van der Waals surface area (Å²) < 4.78 is 5.70. The van der Waals surface area contributed by atoms with Gasteiger partial charge in [-0.1, -0.05) is 42.8 Å². The third-order valence-corrected chi connectivity index (χ3v) is 5.49. The van der Waals surface area contributed by atoms with Gasteiger partial charge in [-0.15, -0.1) is 0 Å². The van der Waals surface area contributed by atoms with Crippen molar-refractivity contribution in [2.45, 2.75) is 32.7 Å². The molecule has 4 nitrogen and oxygen atoms in total. The van der Waals surface area contributed by atoms with E-state index in [1.807, 2.05) is 30.3 Å². The number of benzene rings is 2. The SMILES string of the molecule is CCc1ccc(OCCNC(=O)C2CCN(Cc3cccc(Cl)c3)CC2)cc1. The Morgan fingerprint density at radius 3 is 2.57 bits per heavy atom. The summed E-state index contributed by atoms with van der Waals surface area (Å²) in [5, 5.41) is 3.79. The smallest absolute Gasteiger partial charge is 0.223 e. The van der Waals surface area contributed by atoms with Gasteiger partial charge >= 0.3 is 0 Å². The third-order valence-electron chi connectivity index (χ3n) is 5.26. The Morgan fingerprint density at radius 1 is 1.14 bits per heavy atom. The molecule has 1 fully saturated rings. The van der Waals surface area contributed by atoms with Crippen LogP contribution in [0.25, 0.3) is 0 Å². The summed E-state index contributed by atoms with van der Waals surface area (Å²) in [6.45, 7) is 5.92. The van der Waals surface area contributed by atoms with E-state index in [1.54, 1.807) is 0 Å². The van der Waals surface area contributed by atoms with Crippen LogP contribution in [0, 0.1) is 5.92 Å². The highest BCUT2D eigenvalue weighted by molar-refractivity contribution is 6.30. The third kappa shape index (κ3) is 6.25. The van der Waals surface area contributed by atoms with E-state index in [9.17, 15) is 4.79 Å². The number of hydrogen-bond acceptors (Lipinski definition) is 3. The Hall–Kier alpha value is -2.04. The maximum Gasteiger partial charge on any atom is 0.223 e. The van der Waals surface area contributed by atoms with E-state index in [0.29, 0.717) is 13.2 Å². The lowest BCUT2D eigenvalue weighted by Crippen LogP contribution is -2.41. The molecule has 2 aromatic rings. The van der Waals surface area contributed by atoms with Gasteiger partial charge in [0.05, 0.1) is 6.54 Å². The van der Waals surface area contributed by atoms with E-state index >= 15 is 0 Å². The highest BCUT2D eigenvalue weighted by atomic mass is 35.5. The predicted octanol–water partition coefficient (Wildman–Crippen LogP) is 4.31. The van der Waals surface area contributed by atoms with Crippen LogP contribution >= 0.6 is 11.6 Å². The molecule has 0 aliphatic carbocycles. The van der Waals surface area contributed by atoms with Crippen LogP contribution in [-0.2, 0) is 17.8 Å². The number of ether oxygens (including phenoxy) is 1. The van der Waals surface area contributed by atoms with Gasteiger partial charge in [-0.2, -0.15) is 0 Å². The van der Waals surface area contributed by atoms with Gasteiger partial charge in [0.2, 0.25) is 5.91 Å². The number of nitrogens with one attached hydrogen (secondary N) is 1. The summed E-state index contributed by atoms with van der Waals surface area (Å²) in [6, 6.07) is 16.1. The first-order valence-corrected chi connectivity index (χ1v) is 10.5. The molecule has 0 radical (unpaired) electrons. The second-order valence-electron chi connectivity index (χ2n) is 7.32. The number of amides is 1. The van der Waals surface area contributed by atoms with E-state index in [4.69, 9.17) is 16.3 Å². The van der Waals surface area contributed by atoms with Crippen LogP contribution in [0.2, 0.25) is 5.02 Å². The van der Waals surface area contributed by atoms with Crippen molar-refractivity contribution in [1.82, 2.24) is 10.2 Å². The number of piperidine rings is 1. The molecule has 0 unspecified atom stereocenters. The van der Waals surface area contributed by atoms with Crippen LogP contribution in [0.15, 0.2) is 48.5 Å². The van der Waals surface area contributed by atoms with E-state index in [1.165, 1.54) is 11.1 Å². The van der Waals surface area contributed by atoms with Gasteiger partial charge in [0.1, 0.15) is 12.4 Å². The van der Waals surface area contributed by atoms with E-state index < -0.39 is 0 Å². The van der Waals surface area contributed by atoms with Crippen LogP contribution < -0.4 is 10.1 Å². The minimum Gasteiger partial charge on any atom is -0.492 e. The standard InChI is InChI=1S/C23H29ClN2O2/c1-2-18-6-8-22(9-7-18)28-15-12-25-23(27)20-10-13-26(14-11-20)17-19-4-3-5-21(24)16-19/h3-9,16,20H,2,10-15,17H2,1H3,(H,25,27). The first-order valence-electron chi connectivity index (χ1n) is 10.1. The van der Waals surface area contributed by atoms with Crippen molar-refractivity contribution in [2.75, 3.05) is 26.2 Å². The number of carbonyl (C=O) groups excluding carboxylic acids is 1. The van der Waals surface area contributed by atoms with Crippen molar-refractivity contribution in [1.29, 1.82) is 0 Å². The number of nitrogens with zero attached hydrogens (tertiary/aromatic N) is 1. The highest BCUT2D eigenvalue weighted by Crippen LogP contribution is 2.20. The summed E-state index contributed by atoms with van der Waals surface area (Å²) in [6.07, 6.45) is 2.81. The second-order valence-corrected chi connectivity index (χ2v) is 7.75. The summed E-state index contributed by atoms with van der Waals surface area (Å²) in [5.41, 5.74) is 2.52. The summed E-state index contributed by atoms with van der Waals surface area (Å²) in [7, 11) is 0. The lowest BCUT2D eigenvalue weighted by Gasteiger charge is -2.31. The molecule has 0 atom stereocenters. The molecule has 3 rings (SSSR count). The fourth-order valence-corrected chi connectivity index (χ4v) is 3.77. The van der Waals surface area contributed by atoms with E-state index in [2.05, 4.69) is 35.3 Å². The molecule has 2 aromatic carbocycles. The Kier molecular flexibility index (Phi) is 7.75. The van der Waals surface area contributed by atoms with Crippen LogP contribution in [0.4, 0.5) is 0 Å². The molecule has 0 aromatic heterocycles. The van der Waals surface area contributed by atoms with Crippen molar-refractivity contribution < 1.29 is 9.53 Å². The molecule has 1 aliphatic heterocycles. The number of halogens is 1. The van der Waals surface area contributed by atoms with Crippen molar-refractivity contribution in [3.63, 3.8) is 0 Å². The fraction of sp³-hybridized carbons (Fsp3) is 0.435. The number of likely N-dealkylation sites (tertiary alicyclic amines) is 1. The van der Waals surface area contributed by atoms with Gasteiger partial charge < -0.3 is 10.1 Å². The van der Waals surface area contributed by atoms with Crippen molar-refractivity contribution in [3.05, 3.63) is 64.7 Å². The Labute approximate surface area is 172 Å². The molecular formula is C23H29ClN2O2. The normalized spacial score (nSPS) is 15.4. The number of hydrogen-bond donors (Lipinski definition) is 1. The molecule has 1 aliphatic rings. The lowest BCUT2D eigenvalue weighted by molar-refractivity contribution is -0.126. The molecule has 5 heteroatoms. The zero-order valence-electron chi connectivity index (χ0n) is 16.5. The Morgan fingerprint density at radius 2 is 1.89 bits per heavy atom. The van der Waals surface area contributed by atoms with Gasteiger partial charge in [0.15, 0.2) is 0 Å². The quantitative estimate of drug-likeness (QED) is 0.671. The Bertz CT molecular complexity index is 755. The monoisotopic (exact) mass is 400 g/mol. The molecule has 1 amide bonds. The second kappa shape index (κ2) is 10.5. The van der Waals surface area contributed by atoms with E-state index in [0.717, 1.165) is 49.7 Å². The first kappa shape index (κ1) is 20.7. The van der Waals surface area contributed by atoms with Gasteiger partial charge in [0.25, 0.3) is 0 Å². The topological polar surface area (TPSA) is 41.6 Å². The molecule has 150 valence electrons. The first-order chi connectivity index (χ1) is 13.6. The van der Waals surface area contributed by atoms with Crippen LogP contribution in [0.3, 0.4) is 0 Å². The summed E-state index contributed by atoms with van der Waals surface area (Å²) in [5.74, 6) is 1.09. The maximum absolute atomic E-state index is 12.4. The molecule has 0 spiro atoms.